The van der Waals surface area contributed by atoms with Crippen molar-refractivity contribution < 1.29 is 49.3 Å². The summed E-state index contributed by atoms with van der Waals surface area (Å²) in [6.45, 7) is 5.64. The number of carbonyl (C=O) groups is 2. The number of nitrogens with one attached hydrogen (secondary N) is 1. The first-order valence-electron chi connectivity index (χ1n) is 32.0. The molecule has 0 aromatic carbocycles. The molecule has 79 heavy (non-hydrogen) atoms. The molecule has 8 atom stereocenters. The van der Waals surface area contributed by atoms with Crippen LogP contribution in [0, 0.1) is 0 Å². The molecule has 1 aliphatic rings. The van der Waals surface area contributed by atoms with Gasteiger partial charge in [-0.2, -0.15) is 0 Å². The molecule has 1 heterocycles. The summed E-state index contributed by atoms with van der Waals surface area (Å²) in [6, 6.07) is -1.04. The maximum atomic E-state index is 13.4. The van der Waals surface area contributed by atoms with Crippen LogP contribution in [0.2, 0.25) is 0 Å². The summed E-state index contributed by atoms with van der Waals surface area (Å²) in [4.78, 5) is 26.5. The summed E-state index contributed by atoms with van der Waals surface area (Å²) in [5, 5.41) is 57.0. The van der Waals surface area contributed by atoms with E-state index in [2.05, 4.69) is 111 Å². The number of aliphatic hydroxyl groups is 5. The van der Waals surface area contributed by atoms with Crippen LogP contribution >= 0.6 is 0 Å². The summed E-state index contributed by atoms with van der Waals surface area (Å²) in [5.74, 6) is -1.22. The Kier molecular flexibility index (Phi) is 51.4. The minimum atomic E-state index is -1.62. The quantitative estimate of drug-likeness (QED) is 0.0195. The van der Waals surface area contributed by atoms with Crippen molar-refractivity contribution >= 4 is 11.9 Å². The summed E-state index contributed by atoms with van der Waals surface area (Å²) in [5.41, 5.74) is 0. The van der Waals surface area contributed by atoms with E-state index < -0.39 is 67.4 Å². The highest BCUT2D eigenvalue weighted by Gasteiger charge is 2.47. The molecular weight excluding hydrogens is 991 g/mol. The first-order chi connectivity index (χ1) is 38.7. The third-order valence-electron chi connectivity index (χ3n) is 14.5. The number of hydrogen-bond donors (Lipinski definition) is 6. The molecule has 0 aliphatic carbocycles. The van der Waals surface area contributed by atoms with E-state index in [4.69, 9.17) is 14.2 Å². The number of unbranched alkanes of at least 4 members (excludes halogenated alkanes) is 25. The lowest BCUT2D eigenvalue weighted by molar-refractivity contribution is -0.305. The zero-order chi connectivity index (χ0) is 57.5. The molecule has 1 fully saturated rings. The average Bonchev–Trinajstić information content (AvgIpc) is 3.44. The van der Waals surface area contributed by atoms with Gasteiger partial charge in [0.1, 0.15) is 24.4 Å². The summed E-state index contributed by atoms with van der Waals surface area (Å²) < 4.78 is 17.6. The van der Waals surface area contributed by atoms with Gasteiger partial charge in [-0.25, -0.2) is 0 Å². The van der Waals surface area contributed by atoms with E-state index in [9.17, 15) is 35.1 Å². The Balaban J connectivity index is 2.65. The van der Waals surface area contributed by atoms with Gasteiger partial charge in [0.05, 0.1) is 25.4 Å². The Hall–Kier alpha value is -3.42. The number of esters is 1. The predicted octanol–water partition coefficient (Wildman–Crippen LogP) is 15.5. The minimum Gasteiger partial charge on any atom is -0.454 e. The van der Waals surface area contributed by atoms with Crippen molar-refractivity contribution in [3.05, 3.63) is 97.2 Å². The number of hydrogen-bond acceptors (Lipinski definition) is 10. The highest BCUT2D eigenvalue weighted by Crippen LogP contribution is 2.26. The van der Waals surface area contributed by atoms with Crippen molar-refractivity contribution in [3.8, 4) is 0 Å². The Morgan fingerprint density at radius 3 is 1.39 bits per heavy atom. The molecule has 1 saturated heterocycles. The molecule has 0 aromatic heterocycles. The molecule has 11 heteroatoms. The highest BCUT2D eigenvalue weighted by atomic mass is 16.7. The van der Waals surface area contributed by atoms with Crippen LogP contribution in [-0.4, -0.2) is 99.6 Å². The van der Waals surface area contributed by atoms with Gasteiger partial charge < -0.3 is 45.1 Å². The first kappa shape index (κ1) is 73.6. The van der Waals surface area contributed by atoms with Crippen LogP contribution in [0.5, 0.6) is 0 Å². The van der Waals surface area contributed by atoms with Crippen LogP contribution in [0.25, 0.3) is 0 Å². The SMILES string of the molecule is CC/C=C\C/C=C\C/C=C\C/C=C\C/C=C\C/C=C\CCCCCCCC(O)C(=O)NC(COC1OC(CO)C(O)C(O)C1OC(=O)CCCCCCCCC/C=C\CCCCCC)C(O)/C=C/CCCCCCCCCCC. The van der Waals surface area contributed by atoms with E-state index in [-0.39, 0.29) is 19.4 Å². The van der Waals surface area contributed by atoms with Crippen molar-refractivity contribution in [2.45, 2.75) is 307 Å². The molecule has 1 aliphatic heterocycles. The van der Waals surface area contributed by atoms with E-state index in [0.29, 0.717) is 12.8 Å². The Bertz CT molecular complexity index is 1650. The van der Waals surface area contributed by atoms with E-state index >= 15 is 0 Å². The summed E-state index contributed by atoms with van der Waals surface area (Å²) >= 11 is 0. The zero-order valence-electron chi connectivity index (χ0n) is 50.2. The Morgan fingerprint density at radius 2 is 0.911 bits per heavy atom. The molecule has 0 radical (unpaired) electrons. The second-order valence-electron chi connectivity index (χ2n) is 21.8. The number of aliphatic hydroxyl groups excluding tert-OH is 5. The van der Waals surface area contributed by atoms with Gasteiger partial charge in [-0.1, -0.05) is 246 Å². The second-order valence-corrected chi connectivity index (χ2v) is 21.8. The number of ether oxygens (including phenoxy) is 3. The minimum absolute atomic E-state index is 0.113. The molecule has 454 valence electrons. The van der Waals surface area contributed by atoms with Gasteiger partial charge >= 0.3 is 5.97 Å². The molecule has 11 nitrogen and oxygen atoms in total. The lowest BCUT2D eigenvalue weighted by Crippen LogP contribution is -2.61. The fourth-order valence-electron chi connectivity index (χ4n) is 9.41. The van der Waals surface area contributed by atoms with Crippen molar-refractivity contribution in [3.63, 3.8) is 0 Å². The number of amides is 1. The maximum absolute atomic E-state index is 13.4. The smallest absolute Gasteiger partial charge is 0.306 e. The van der Waals surface area contributed by atoms with E-state index in [1.807, 2.05) is 6.08 Å². The van der Waals surface area contributed by atoms with E-state index in [1.54, 1.807) is 6.08 Å². The third-order valence-corrected chi connectivity index (χ3v) is 14.5. The van der Waals surface area contributed by atoms with Gasteiger partial charge in [0.15, 0.2) is 12.4 Å². The van der Waals surface area contributed by atoms with Crippen LogP contribution in [0.15, 0.2) is 97.2 Å². The molecule has 1 rings (SSSR count). The Labute approximate surface area is 482 Å². The molecule has 0 saturated carbocycles. The number of rotatable bonds is 53. The van der Waals surface area contributed by atoms with Gasteiger partial charge in [-0.15, -0.1) is 0 Å². The van der Waals surface area contributed by atoms with Crippen molar-refractivity contribution in [2.75, 3.05) is 13.2 Å². The predicted molar refractivity (Wildman–Crippen MR) is 329 cm³/mol. The van der Waals surface area contributed by atoms with Crippen molar-refractivity contribution in [1.82, 2.24) is 5.32 Å². The summed E-state index contributed by atoms with van der Waals surface area (Å²) in [7, 11) is 0. The first-order valence-corrected chi connectivity index (χ1v) is 32.0. The fraction of sp³-hybridized carbons (Fsp3) is 0.735. The molecule has 6 N–H and O–H groups in total. The molecule has 8 unspecified atom stereocenters. The fourth-order valence-corrected chi connectivity index (χ4v) is 9.41. The highest BCUT2D eigenvalue weighted by molar-refractivity contribution is 5.80. The lowest BCUT2D eigenvalue weighted by atomic mass is 9.99. The van der Waals surface area contributed by atoms with Crippen LogP contribution in [0.4, 0.5) is 0 Å². The monoisotopic (exact) mass is 1110 g/mol. The molecule has 1 amide bonds. The third kappa shape index (κ3) is 43.0. The lowest BCUT2D eigenvalue weighted by Gasteiger charge is -2.41. The molecular formula is C68H117NO10. The Morgan fingerprint density at radius 1 is 0.506 bits per heavy atom. The van der Waals surface area contributed by atoms with E-state index in [1.165, 1.54) is 83.5 Å². The normalized spacial score (nSPS) is 19.5. The maximum Gasteiger partial charge on any atom is 0.306 e. The van der Waals surface area contributed by atoms with Gasteiger partial charge in [0.25, 0.3) is 0 Å². The largest absolute Gasteiger partial charge is 0.454 e. The number of carbonyl (C=O) groups excluding carboxylic acids is 2. The average molecular weight is 1110 g/mol. The van der Waals surface area contributed by atoms with Gasteiger partial charge in [0, 0.05) is 6.42 Å². The topological polar surface area (TPSA) is 175 Å². The standard InChI is InChI=1S/C68H117NO10/c1-4-7-10-13-16-19-22-24-26-27-28-29-30-31-32-33-34-36-37-40-43-46-49-52-55-61(72)67(76)69-59(60(71)54-51-48-45-42-39-21-18-15-12-9-6-3)58-77-68-66(65(75)64(74)62(57-70)78-68)79-63(73)56-53-50-47-44-41-38-35-25-23-20-17-14-11-8-5-2/h7,10,16,19-20,23-24,26,28-29,31-32,34,36,51,54,59-62,64-66,68,70-72,74-75H,4-6,8-9,11-15,17-18,21-22,25,27,30,33,35,37-50,52-53,55-58H2,1-3H3,(H,69,76)/b10-7-,19-16-,23-20-,26-24-,29-28-,32-31-,36-34-,54-51+. The van der Waals surface area contributed by atoms with Crippen LogP contribution < -0.4 is 5.32 Å². The van der Waals surface area contributed by atoms with Crippen LogP contribution in [0.3, 0.4) is 0 Å². The number of allylic oxidation sites excluding steroid dienone is 15. The van der Waals surface area contributed by atoms with Crippen LogP contribution in [0.1, 0.15) is 258 Å². The molecule has 0 bridgehead atoms. The summed E-state index contributed by atoms with van der Waals surface area (Å²) in [6.07, 6.45) is 63.0. The van der Waals surface area contributed by atoms with E-state index in [0.717, 1.165) is 128 Å². The van der Waals surface area contributed by atoms with Crippen LogP contribution in [-0.2, 0) is 23.8 Å². The van der Waals surface area contributed by atoms with Gasteiger partial charge in [0.2, 0.25) is 5.91 Å². The molecule has 0 spiro atoms. The van der Waals surface area contributed by atoms with Gasteiger partial charge in [-0.3, -0.25) is 9.59 Å². The van der Waals surface area contributed by atoms with Crippen molar-refractivity contribution in [2.24, 2.45) is 0 Å². The van der Waals surface area contributed by atoms with Gasteiger partial charge in [-0.05, 0) is 103 Å². The zero-order valence-corrected chi connectivity index (χ0v) is 50.2. The second kappa shape index (κ2) is 55.1. The molecule has 0 aromatic rings. The van der Waals surface area contributed by atoms with Crippen molar-refractivity contribution in [1.29, 1.82) is 0 Å².